The normalized spacial score (nSPS) is 12.2. The average Bonchev–Trinajstić information content (AvgIpc) is 2.41. The lowest BCUT2D eigenvalue weighted by Gasteiger charge is -2.14. The molecule has 0 radical (unpaired) electrons. The summed E-state index contributed by atoms with van der Waals surface area (Å²) in [6.45, 7) is -0.0293. The molecule has 0 aromatic heterocycles. The third-order valence-electron chi connectivity index (χ3n) is 2.73. The molecule has 0 aliphatic heterocycles. The van der Waals surface area contributed by atoms with Gasteiger partial charge in [-0.15, -0.1) is 0 Å². The van der Waals surface area contributed by atoms with Crippen LogP contribution in [0.5, 0.6) is 0 Å². The first kappa shape index (κ1) is 14.9. The number of rotatable bonds is 4. The van der Waals surface area contributed by atoms with E-state index in [1.807, 2.05) is 0 Å². The van der Waals surface area contributed by atoms with Crippen LogP contribution in [-0.2, 0) is 0 Å². The molecule has 0 aliphatic rings. The number of anilines is 1. The van der Waals surface area contributed by atoms with Gasteiger partial charge in [-0.1, -0.05) is 28.1 Å². The molecule has 1 atom stereocenters. The van der Waals surface area contributed by atoms with Crippen molar-refractivity contribution in [2.75, 3.05) is 11.9 Å². The number of halogens is 4. The summed E-state index contributed by atoms with van der Waals surface area (Å²) in [5, 5.41) is 12.5. The number of aliphatic hydroxyl groups excluding tert-OH is 1. The van der Waals surface area contributed by atoms with Crippen molar-refractivity contribution in [2.45, 2.75) is 6.10 Å². The predicted molar refractivity (Wildman–Crippen MR) is 73.9 cm³/mol. The van der Waals surface area contributed by atoms with Gasteiger partial charge in [0.1, 0.15) is 5.82 Å². The zero-order chi connectivity index (χ0) is 14.7. The van der Waals surface area contributed by atoms with Crippen molar-refractivity contribution in [3.05, 3.63) is 63.9 Å². The van der Waals surface area contributed by atoms with E-state index in [0.29, 0.717) is 11.6 Å². The molecule has 2 aromatic carbocycles. The van der Waals surface area contributed by atoms with Crippen LogP contribution in [0, 0.1) is 17.5 Å². The van der Waals surface area contributed by atoms with Gasteiger partial charge < -0.3 is 10.4 Å². The second kappa shape index (κ2) is 6.28. The zero-order valence-corrected chi connectivity index (χ0v) is 11.8. The van der Waals surface area contributed by atoms with Crippen molar-refractivity contribution in [1.29, 1.82) is 0 Å². The van der Waals surface area contributed by atoms with Crippen molar-refractivity contribution >= 4 is 21.6 Å². The second-order valence-corrected chi connectivity index (χ2v) is 5.11. The molecular formula is C14H11BrF3NO. The molecule has 0 bridgehead atoms. The highest BCUT2D eigenvalue weighted by molar-refractivity contribution is 9.10. The molecule has 0 spiro atoms. The van der Waals surface area contributed by atoms with Crippen molar-refractivity contribution < 1.29 is 18.3 Å². The summed E-state index contributed by atoms with van der Waals surface area (Å²) in [7, 11) is 0. The number of hydrogen-bond acceptors (Lipinski definition) is 2. The van der Waals surface area contributed by atoms with Crippen molar-refractivity contribution in [1.82, 2.24) is 0 Å². The minimum absolute atomic E-state index is 0.0293. The Hall–Kier alpha value is -1.53. The highest BCUT2D eigenvalue weighted by Crippen LogP contribution is 2.21. The van der Waals surface area contributed by atoms with Gasteiger partial charge in [-0.25, -0.2) is 13.2 Å². The molecular weight excluding hydrogens is 335 g/mol. The largest absolute Gasteiger partial charge is 0.387 e. The summed E-state index contributed by atoms with van der Waals surface area (Å²) in [5.41, 5.74) is 0.424. The van der Waals surface area contributed by atoms with Crippen LogP contribution in [0.25, 0.3) is 0 Å². The third kappa shape index (κ3) is 3.52. The van der Waals surface area contributed by atoms with Gasteiger partial charge >= 0.3 is 0 Å². The van der Waals surface area contributed by atoms with E-state index < -0.39 is 23.6 Å². The van der Waals surface area contributed by atoms with Gasteiger partial charge in [0.2, 0.25) is 0 Å². The Morgan fingerprint density at radius 3 is 2.45 bits per heavy atom. The maximum atomic E-state index is 13.4. The lowest BCUT2D eigenvalue weighted by Crippen LogP contribution is -2.13. The molecule has 0 fully saturated rings. The van der Waals surface area contributed by atoms with Crippen LogP contribution in [0.15, 0.2) is 40.9 Å². The summed E-state index contributed by atoms with van der Waals surface area (Å²) in [6.07, 6.45) is -0.903. The Balaban J connectivity index is 2.07. The Kier molecular flexibility index (Phi) is 4.67. The van der Waals surface area contributed by atoms with Gasteiger partial charge in [0.05, 0.1) is 11.8 Å². The van der Waals surface area contributed by atoms with E-state index in [1.165, 1.54) is 0 Å². The molecule has 1 unspecified atom stereocenters. The maximum Gasteiger partial charge on any atom is 0.161 e. The van der Waals surface area contributed by atoms with Crippen LogP contribution < -0.4 is 5.32 Å². The van der Waals surface area contributed by atoms with Crippen LogP contribution in [0.4, 0.5) is 18.9 Å². The van der Waals surface area contributed by atoms with Gasteiger partial charge in [-0.05, 0) is 17.7 Å². The molecule has 6 heteroatoms. The summed E-state index contributed by atoms with van der Waals surface area (Å²) in [4.78, 5) is 0. The summed E-state index contributed by atoms with van der Waals surface area (Å²) in [6, 6.07) is 8.16. The monoisotopic (exact) mass is 345 g/mol. The molecule has 0 heterocycles. The molecule has 20 heavy (non-hydrogen) atoms. The van der Waals surface area contributed by atoms with Gasteiger partial charge in [0.15, 0.2) is 11.6 Å². The average molecular weight is 346 g/mol. The fraction of sp³-hybridized carbons (Fsp3) is 0.143. The maximum absolute atomic E-state index is 13.4. The van der Waals surface area contributed by atoms with Crippen LogP contribution in [-0.4, -0.2) is 11.7 Å². The second-order valence-electron chi connectivity index (χ2n) is 4.20. The van der Waals surface area contributed by atoms with Crippen molar-refractivity contribution in [3.8, 4) is 0 Å². The summed E-state index contributed by atoms with van der Waals surface area (Å²) in [5.74, 6) is -3.31. The first-order valence-corrected chi connectivity index (χ1v) is 6.58. The van der Waals surface area contributed by atoms with Crippen LogP contribution >= 0.6 is 15.9 Å². The van der Waals surface area contributed by atoms with Crippen LogP contribution in [0.1, 0.15) is 11.7 Å². The van der Waals surface area contributed by atoms with Crippen molar-refractivity contribution in [2.24, 2.45) is 0 Å². The van der Waals surface area contributed by atoms with E-state index in [2.05, 4.69) is 21.2 Å². The van der Waals surface area contributed by atoms with E-state index in [9.17, 15) is 18.3 Å². The highest BCUT2D eigenvalue weighted by Gasteiger charge is 2.12. The van der Waals surface area contributed by atoms with Gasteiger partial charge in [-0.2, -0.15) is 0 Å². The number of aliphatic hydroxyl groups is 1. The number of hydrogen-bond donors (Lipinski definition) is 2. The lowest BCUT2D eigenvalue weighted by atomic mass is 10.1. The van der Waals surface area contributed by atoms with Gasteiger partial charge in [-0.3, -0.25) is 0 Å². The van der Waals surface area contributed by atoms with Crippen molar-refractivity contribution in [3.63, 3.8) is 0 Å². The zero-order valence-electron chi connectivity index (χ0n) is 10.2. The minimum atomic E-state index is -1.25. The van der Waals surface area contributed by atoms with E-state index in [1.54, 1.807) is 24.3 Å². The lowest BCUT2D eigenvalue weighted by molar-refractivity contribution is 0.191. The Morgan fingerprint density at radius 1 is 1.05 bits per heavy atom. The SMILES string of the molecule is OC(CNc1cc(F)c(F)cc1F)c1cccc(Br)c1. The molecule has 2 rings (SSSR count). The molecule has 2 aromatic rings. The van der Waals surface area contributed by atoms with E-state index in [4.69, 9.17) is 0 Å². The Morgan fingerprint density at radius 2 is 1.75 bits per heavy atom. The molecule has 106 valence electrons. The van der Waals surface area contributed by atoms with E-state index in [0.717, 1.165) is 10.5 Å². The number of benzene rings is 2. The van der Waals surface area contributed by atoms with Crippen LogP contribution in [0.3, 0.4) is 0 Å². The summed E-state index contributed by atoms with van der Waals surface area (Å²) < 4.78 is 40.0. The van der Waals surface area contributed by atoms with E-state index >= 15 is 0 Å². The third-order valence-corrected chi connectivity index (χ3v) is 3.22. The standard InChI is InChI=1S/C14H11BrF3NO/c15-9-3-1-2-8(4-9)14(20)7-19-13-6-11(17)10(16)5-12(13)18/h1-6,14,19-20H,7H2. The fourth-order valence-corrected chi connectivity index (χ4v) is 2.11. The molecule has 0 saturated heterocycles. The molecule has 2 N–H and O–H groups in total. The van der Waals surface area contributed by atoms with Gasteiger partial charge in [0.25, 0.3) is 0 Å². The Bertz CT molecular complexity index is 621. The topological polar surface area (TPSA) is 32.3 Å². The molecule has 0 aliphatic carbocycles. The molecule has 2 nitrogen and oxygen atoms in total. The smallest absolute Gasteiger partial charge is 0.161 e. The highest BCUT2D eigenvalue weighted by atomic mass is 79.9. The van der Waals surface area contributed by atoms with Gasteiger partial charge in [0, 0.05) is 23.2 Å². The predicted octanol–water partition coefficient (Wildman–Crippen LogP) is 4.01. The number of nitrogens with one attached hydrogen (secondary N) is 1. The summed E-state index contributed by atoms with van der Waals surface area (Å²) >= 11 is 3.27. The Labute approximate surface area is 122 Å². The quantitative estimate of drug-likeness (QED) is 0.820. The van der Waals surface area contributed by atoms with Crippen LogP contribution in [0.2, 0.25) is 0 Å². The molecule has 0 amide bonds. The fourth-order valence-electron chi connectivity index (χ4n) is 1.70. The first-order valence-electron chi connectivity index (χ1n) is 5.79. The molecule has 0 saturated carbocycles. The minimum Gasteiger partial charge on any atom is -0.387 e. The van der Waals surface area contributed by atoms with E-state index in [-0.39, 0.29) is 12.2 Å². The first-order chi connectivity index (χ1) is 9.47.